The number of carbonyl (C=O) groups is 2. The van der Waals surface area contributed by atoms with Gasteiger partial charge in [-0.3, -0.25) is 19.1 Å². The van der Waals surface area contributed by atoms with Crippen molar-refractivity contribution >= 4 is 29.3 Å². The summed E-state index contributed by atoms with van der Waals surface area (Å²) in [6, 6.07) is 16.5. The lowest BCUT2D eigenvalue weighted by Gasteiger charge is -2.26. The molecule has 1 aromatic heterocycles. The second-order valence-electron chi connectivity index (χ2n) is 8.10. The van der Waals surface area contributed by atoms with Gasteiger partial charge in [-0.2, -0.15) is 0 Å². The lowest BCUT2D eigenvalue weighted by molar-refractivity contribution is -0.115. The van der Waals surface area contributed by atoms with Crippen molar-refractivity contribution in [2.75, 3.05) is 18.4 Å². The summed E-state index contributed by atoms with van der Waals surface area (Å²) >= 11 is 1.37. The SMILES string of the molecule is CC(Sc1nnc(CN2CCCCC2)n1-c1ccccc1)C(=O)Nc1ccc(C(N)=O)cc1. The van der Waals surface area contributed by atoms with Crippen molar-refractivity contribution < 1.29 is 9.59 Å². The third-order valence-electron chi connectivity index (χ3n) is 5.62. The Bertz CT molecular complexity index is 1090. The van der Waals surface area contributed by atoms with E-state index in [-0.39, 0.29) is 5.91 Å². The molecule has 2 heterocycles. The predicted octanol–water partition coefficient (Wildman–Crippen LogP) is 3.47. The zero-order valence-corrected chi connectivity index (χ0v) is 19.4. The summed E-state index contributed by atoms with van der Waals surface area (Å²) in [7, 11) is 0. The van der Waals surface area contributed by atoms with Crippen LogP contribution in [-0.2, 0) is 11.3 Å². The first-order chi connectivity index (χ1) is 16.0. The number of anilines is 1. The quantitative estimate of drug-likeness (QED) is 0.495. The number of carbonyl (C=O) groups excluding carboxylic acids is 2. The number of rotatable bonds is 8. The van der Waals surface area contributed by atoms with Crippen LogP contribution in [0, 0.1) is 0 Å². The molecule has 1 unspecified atom stereocenters. The number of nitrogens with two attached hydrogens (primary N) is 1. The summed E-state index contributed by atoms with van der Waals surface area (Å²) in [5.74, 6) is 0.213. The number of piperidine rings is 1. The number of benzene rings is 2. The molecule has 0 bridgehead atoms. The molecule has 0 radical (unpaired) electrons. The third kappa shape index (κ3) is 5.80. The first-order valence-corrected chi connectivity index (χ1v) is 12.0. The first-order valence-electron chi connectivity index (χ1n) is 11.1. The number of nitrogens with zero attached hydrogens (tertiary/aromatic N) is 4. The van der Waals surface area contributed by atoms with Gasteiger partial charge in [-0.15, -0.1) is 10.2 Å². The zero-order valence-electron chi connectivity index (χ0n) is 18.6. The van der Waals surface area contributed by atoms with E-state index in [2.05, 4.69) is 20.4 Å². The molecule has 0 aliphatic carbocycles. The maximum atomic E-state index is 12.8. The fraction of sp³-hybridized carbons (Fsp3) is 0.333. The fourth-order valence-corrected chi connectivity index (χ4v) is 4.69. The van der Waals surface area contributed by atoms with Crippen molar-refractivity contribution in [3.05, 3.63) is 66.0 Å². The number of para-hydroxylation sites is 1. The summed E-state index contributed by atoms with van der Waals surface area (Å²) in [5, 5.41) is 12.1. The van der Waals surface area contributed by atoms with Crippen LogP contribution in [0.5, 0.6) is 0 Å². The van der Waals surface area contributed by atoms with Crippen LogP contribution >= 0.6 is 11.8 Å². The zero-order chi connectivity index (χ0) is 23.2. The number of amides is 2. The van der Waals surface area contributed by atoms with E-state index in [4.69, 9.17) is 5.73 Å². The molecule has 172 valence electrons. The second kappa shape index (κ2) is 10.6. The first kappa shape index (κ1) is 23.0. The lowest BCUT2D eigenvalue weighted by Crippen LogP contribution is -2.30. The Hall–Kier alpha value is -3.17. The third-order valence-corrected chi connectivity index (χ3v) is 6.66. The van der Waals surface area contributed by atoms with Crippen LogP contribution in [-0.4, -0.2) is 49.8 Å². The molecule has 33 heavy (non-hydrogen) atoms. The summed E-state index contributed by atoms with van der Waals surface area (Å²) in [4.78, 5) is 26.5. The van der Waals surface area contributed by atoms with Crippen LogP contribution in [0.1, 0.15) is 42.4 Å². The number of hydrogen-bond donors (Lipinski definition) is 2. The van der Waals surface area contributed by atoms with Crippen molar-refractivity contribution in [1.82, 2.24) is 19.7 Å². The number of thioether (sulfide) groups is 1. The van der Waals surface area contributed by atoms with E-state index in [9.17, 15) is 9.59 Å². The summed E-state index contributed by atoms with van der Waals surface area (Å²) in [5.41, 5.74) is 7.25. The van der Waals surface area contributed by atoms with Gasteiger partial charge in [0.2, 0.25) is 11.8 Å². The van der Waals surface area contributed by atoms with E-state index in [1.165, 1.54) is 31.0 Å². The molecule has 1 fully saturated rings. The molecule has 1 atom stereocenters. The molecule has 1 aliphatic heterocycles. The Morgan fingerprint density at radius 3 is 2.39 bits per heavy atom. The Balaban J connectivity index is 1.50. The van der Waals surface area contributed by atoms with Gasteiger partial charge in [-0.05, 0) is 69.3 Å². The average Bonchev–Trinajstić information content (AvgIpc) is 3.22. The molecular weight excluding hydrogens is 436 g/mol. The molecule has 2 aromatic carbocycles. The van der Waals surface area contributed by atoms with Gasteiger partial charge < -0.3 is 11.1 Å². The maximum absolute atomic E-state index is 12.8. The van der Waals surface area contributed by atoms with E-state index in [1.807, 2.05) is 41.8 Å². The minimum atomic E-state index is -0.502. The Labute approximate surface area is 197 Å². The van der Waals surface area contributed by atoms with Gasteiger partial charge in [0.1, 0.15) is 0 Å². The highest BCUT2D eigenvalue weighted by atomic mass is 32.2. The van der Waals surface area contributed by atoms with Crippen LogP contribution in [0.2, 0.25) is 0 Å². The second-order valence-corrected chi connectivity index (χ2v) is 9.41. The number of hydrogen-bond acceptors (Lipinski definition) is 6. The van der Waals surface area contributed by atoms with Crippen LogP contribution in [0.4, 0.5) is 5.69 Å². The summed E-state index contributed by atoms with van der Waals surface area (Å²) in [6.45, 7) is 4.70. The summed E-state index contributed by atoms with van der Waals surface area (Å²) in [6.07, 6.45) is 3.69. The fourth-order valence-electron chi connectivity index (χ4n) is 3.81. The van der Waals surface area contributed by atoms with Crippen molar-refractivity contribution in [2.45, 2.75) is 43.1 Å². The smallest absolute Gasteiger partial charge is 0.248 e. The van der Waals surface area contributed by atoms with E-state index >= 15 is 0 Å². The number of nitrogens with one attached hydrogen (secondary N) is 1. The van der Waals surface area contributed by atoms with Gasteiger partial charge >= 0.3 is 0 Å². The van der Waals surface area contributed by atoms with E-state index in [0.29, 0.717) is 16.4 Å². The highest BCUT2D eigenvalue weighted by Gasteiger charge is 2.23. The van der Waals surface area contributed by atoms with E-state index in [1.54, 1.807) is 24.3 Å². The van der Waals surface area contributed by atoms with Gasteiger partial charge in [0.15, 0.2) is 11.0 Å². The summed E-state index contributed by atoms with van der Waals surface area (Å²) < 4.78 is 2.05. The lowest BCUT2D eigenvalue weighted by atomic mass is 10.1. The molecule has 1 aliphatic rings. The van der Waals surface area contributed by atoms with Crippen molar-refractivity contribution in [2.24, 2.45) is 5.73 Å². The molecule has 0 spiro atoms. The molecule has 9 heteroatoms. The molecule has 8 nitrogen and oxygen atoms in total. The Morgan fingerprint density at radius 1 is 1.03 bits per heavy atom. The van der Waals surface area contributed by atoms with Gasteiger partial charge in [0.05, 0.1) is 11.8 Å². The highest BCUT2D eigenvalue weighted by Crippen LogP contribution is 2.27. The average molecular weight is 465 g/mol. The largest absolute Gasteiger partial charge is 0.366 e. The monoisotopic (exact) mass is 464 g/mol. The molecular formula is C24H28N6O2S. The highest BCUT2D eigenvalue weighted by molar-refractivity contribution is 8.00. The Kier molecular flexibility index (Phi) is 7.41. The Morgan fingerprint density at radius 2 is 1.73 bits per heavy atom. The van der Waals surface area contributed by atoms with Crippen LogP contribution in [0.25, 0.3) is 5.69 Å². The molecule has 1 saturated heterocycles. The topological polar surface area (TPSA) is 106 Å². The number of likely N-dealkylation sites (tertiary alicyclic amines) is 1. The predicted molar refractivity (Wildman–Crippen MR) is 129 cm³/mol. The van der Waals surface area contributed by atoms with Crippen molar-refractivity contribution in [3.63, 3.8) is 0 Å². The molecule has 2 amide bonds. The molecule has 0 saturated carbocycles. The van der Waals surface area contributed by atoms with Crippen LogP contribution < -0.4 is 11.1 Å². The van der Waals surface area contributed by atoms with E-state index < -0.39 is 11.2 Å². The maximum Gasteiger partial charge on any atom is 0.248 e. The van der Waals surface area contributed by atoms with Gasteiger partial charge in [0.25, 0.3) is 0 Å². The van der Waals surface area contributed by atoms with Gasteiger partial charge in [-0.1, -0.05) is 36.4 Å². The van der Waals surface area contributed by atoms with E-state index in [0.717, 1.165) is 31.1 Å². The molecule has 3 N–H and O–H groups in total. The number of aromatic nitrogens is 3. The van der Waals surface area contributed by atoms with Crippen molar-refractivity contribution in [1.29, 1.82) is 0 Å². The van der Waals surface area contributed by atoms with Gasteiger partial charge in [0, 0.05) is 16.9 Å². The van der Waals surface area contributed by atoms with Crippen molar-refractivity contribution in [3.8, 4) is 5.69 Å². The van der Waals surface area contributed by atoms with Gasteiger partial charge in [-0.25, -0.2) is 0 Å². The number of primary amides is 1. The minimum Gasteiger partial charge on any atom is -0.366 e. The van der Waals surface area contributed by atoms with Crippen LogP contribution in [0.15, 0.2) is 59.8 Å². The molecule has 3 aromatic rings. The minimum absolute atomic E-state index is 0.160. The normalized spacial score (nSPS) is 15.2. The molecule has 4 rings (SSSR count). The standard InChI is InChI=1S/C24H28N6O2S/c1-17(23(32)26-19-12-10-18(11-13-19)22(25)31)33-24-28-27-21(16-29-14-6-3-7-15-29)30(24)20-8-4-2-5-9-20/h2,4-5,8-13,17H,3,6-7,14-16H2,1H3,(H2,25,31)(H,26,32). The van der Waals surface area contributed by atoms with Crippen LogP contribution in [0.3, 0.4) is 0 Å².